The van der Waals surface area contributed by atoms with Crippen molar-refractivity contribution in [2.24, 2.45) is 5.10 Å². The molecule has 0 fully saturated rings. The summed E-state index contributed by atoms with van der Waals surface area (Å²) in [5, 5.41) is 7.37. The highest BCUT2D eigenvalue weighted by Crippen LogP contribution is 2.15. The summed E-state index contributed by atoms with van der Waals surface area (Å²) in [6.07, 6.45) is 1.65. The van der Waals surface area contributed by atoms with Crippen LogP contribution in [0.25, 0.3) is 11.0 Å². The quantitative estimate of drug-likeness (QED) is 0.258. The molecule has 0 radical (unpaired) electrons. The molecule has 0 spiro atoms. The Morgan fingerprint density at radius 1 is 1.00 bits per heavy atom. The molecule has 0 unspecified atom stereocenters. The Hall–Kier alpha value is -4.13. The maximum atomic E-state index is 12.4. The molecule has 0 saturated heterocycles. The highest BCUT2D eigenvalue weighted by Gasteiger charge is 2.06. The van der Waals surface area contributed by atoms with Gasteiger partial charge in [0.1, 0.15) is 0 Å². The van der Waals surface area contributed by atoms with Gasteiger partial charge in [-0.05, 0) is 61.4 Å². The van der Waals surface area contributed by atoms with E-state index < -0.39 is 0 Å². The second-order valence-corrected chi connectivity index (χ2v) is 7.62. The van der Waals surface area contributed by atoms with Crippen LogP contribution in [0.2, 0.25) is 0 Å². The van der Waals surface area contributed by atoms with Gasteiger partial charge in [-0.2, -0.15) is 5.10 Å². The molecule has 0 atom stereocenters. The number of hydrogen-bond donors (Lipinski definition) is 3. The smallest absolute Gasteiger partial charge is 0.271 e. The van der Waals surface area contributed by atoms with E-state index in [-0.39, 0.29) is 5.91 Å². The molecule has 4 aromatic rings. The van der Waals surface area contributed by atoms with Crippen LogP contribution >= 0.6 is 0 Å². The van der Waals surface area contributed by atoms with E-state index in [2.05, 4.69) is 56.7 Å². The number of fused-ring (bicyclic) bond motifs is 1. The molecule has 1 amide bonds. The fourth-order valence-electron chi connectivity index (χ4n) is 3.59. The molecule has 33 heavy (non-hydrogen) atoms. The van der Waals surface area contributed by atoms with E-state index in [1.165, 1.54) is 5.69 Å². The zero-order valence-corrected chi connectivity index (χ0v) is 18.9. The van der Waals surface area contributed by atoms with Crippen molar-refractivity contribution >= 4 is 34.8 Å². The van der Waals surface area contributed by atoms with Gasteiger partial charge in [0.2, 0.25) is 5.95 Å². The minimum atomic E-state index is -0.247. The van der Waals surface area contributed by atoms with Crippen LogP contribution in [0.4, 0.5) is 11.6 Å². The number of rotatable bonds is 9. The van der Waals surface area contributed by atoms with Crippen molar-refractivity contribution in [2.75, 3.05) is 23.3 Å². The van der Waals surface area contributed by atoms with E-state index in [9.17, 15) is 4.79 Å². The van der Waals surface area contributed by atoms with E-state index in [4.69, 9.17) is 0 Å². The van der Waals surface area contributed by atoms with Crippen molar-refractivity contribution < 1.29 is 4.79 Å². The van der Waals surface area contributed by atoms with Gasteiger partial charge in [-0.1, -0.05) is 36.4 Å². The molecule has 3 aromatic carbocycles. The lowest BCUT2D eigenvalue weighted by molar-refractivity contribution is 0.0955. The molecular formula is C26H28N6O. The number of nitrogens with zero attached hydrogens (tertiary/aromatic N) is 3. The number of anilines is 2. The third kappa shape index (κ3) is 5.57. The lowest BCUT2D eigenvalue weighted by Gasteiger charge is -2.20. The number of hydrogen-bond acceptors (Lipinski definition) is 5. The minimum absolute atomic E-state index is 0.247. The number of hydrazone groups is 1. The molecule has 168 valence electrons. The fourth-order valence-corrected chi connectivity index (χ4v) is 3.59. The van der Waals surface area contributed by atoms with Gasteiger partial charge in [0.15, 0.2) is 0 Å². The van der Waals surface area contributed by atoms with Crippen LogP contribution in [0.5, 0.6) is 0 Å². The van der Waals surface area contributed by atoms with E-state index in [0.717, 1.165) is 41.2 Å². The Morgan fingerprint density at radius 2 is 1.73 bits per heavy atom. The number of carbonyl (C=O) groups is 1. The Morgan fingerprint density at radius 3 is 2.42 bits per heavy atom. The van der Waals surface area contributed by atoms with Crippen LogP contribution in [0, 0.1) is 0 Å². The first-order valence-corrected chi connectivity index (χ1v) is 11.1. The lowest BCUT2D eigenvalue weighted by Crippen LogP contribution is -2.21. The lowest BCUT2D eigenvalue weighted by atomic mass is 10.1. The second kappa shape index (κ2) is 10.5. The Balaban J connectivity index is 1.29. The number of imidazole rings is 1. The van der Waals surface area contributed by atoms with Gasteiger partial charge >= 0.3 is 0 Å². The molecule has 0 saturated carbocycles. The average molecular weight is 441 g/mol. The number of para-hydroxylation sites is 2. The molecule has 0 aliphatic rings. The SMILES string of the molecule is CCN(CC)c1ccc(/C=N/NC(=O)c2ccc(CNc3nc4ccccc4[nH]3)cc2)cc1. The summed E-state index contributed by atoms with van der Waals surface area (Å²) in [4.78, 5) is 22.4. The third-order valence-corrected chi connectivity index (χ3v) is 5.47. The topological polar surface area (TPSA) is 85.4 Å². The molecule has 1 heterocycles. The van der Waals surface area contributed by atoms with Gasteiger partial charge in [0.05, 0.1) is 17.2 Å². The Labute approximate surface area is 193 Å². The van der Waals surface area contributed by atoms with Crippen LogP contribution < -0.4 is 15.6 Å². The van der Waals surface area contributed by atoms with E-state index in [0.29, 0.717) is 12.1 Å². The predicted octanol–water partition coefficient (Wildman–Crippen LogP) is 4.79. The number of amides is 1. The molecule has 0 bridgehead atoms. The minimum Gasteiger partial charge on any atom is -0.372 e. The van der Waals surface area contributed by atoms with Crippen LogP contribution in [-0.4, -0.2) is 35.2 Å². The maximum absolute atomic E-state index is 12.4. The maximum Gasteiger partial charge on any atom is 0.271 e. The van der Waals surface area contributed by atoms with Gasteiger partial charge < -0.3 is 15.2 Å². The number of aromatic nitrogens is 2. The van der Waals surface area contributed by atoms with Gasteiger partial charge in [-0.25, -0.2) is 10.4 Å². The first-order valence-electron chi connectivity index (χ1n) is 11.1. The van der Waals surface area contributed by atoms with Crippen molar-refractivity contribution in [1.29, 1.82) is 0 Å². The van der Waals surface area contributed by atoms with Crippen molar-refractivity contribution in [3.05, 3.63) is 89.5 Å². The summed E-state index contributed by atoms with van der Waals surface area (Å²) in [6.45, 7) is 6.81. The van der Waals surface area contributed by atoms with Gasteiger partial charge in [0, 0.05) is 30.9 Å². The first-order chi connectivity index (χ1) is 16.2. The summed E-state index contributed by atoms with van der Waals surface area (Å²) < 4.78 is 0. The molecule has 7 nitrogen and oxygen atoms in total. The molecule has 4 rings (SSSR count). The number of benzene rings is 3. The fraction of sp³-hybridized carbons (Fsp3) is 0.192. The van der Waals surface area contributed by atoms with Gasteiger partial charge in [-0.15, -0.1) is 0 Å². The van der Waals surface area contributed by atoms with Gasteiger partial charge in [-0.3, -0.25) is 4.79 Å². The van der Waals surface area contributed by atoms with E-state index in [1.807, 2.05) is 48.5 Å². The highest BCUT2D eigenvalue weighted by atomic mass is 16.2. The summed E-state index contributed by atoms with van der Waals surface area (Å²) in [5.74, 6) is 0.472. The second-order valence-electron chi connectivity index (χ2n) is 7.62. The monoisotopic (exact) mass is 440 g/mol. The van der Waals surface area contributed by atoms with Crippen molar-refractivity contribution in [2.45, 2.75) is 20.4 Å². The standard InChI is InChI=1S/C26H28N6O/c1-3-32(4-2)22-15-11-20(12-16-22)18-28-31-25(33)21-13-9-19(10-14-21)17-27-26-29-23-7-5-6-8-24(23)30-26/h5-16,18H,3-4,17H2,1-2H3,(H,31,33)(H2,27,29,30)/b28-18+. The van der Waals surface area contributed by atoms with Crippen molar-refractivity contribution in [3.8, 4) is 0 Å². The molecule has 0 aliphatic heterocycles. The van der Waals surface area contributed by atoms with Gasteiger partial charge in [0.25, 0.3) is 5.91 Å². The molecule has 0 aliphatic carbocycles. The van der Waals surface area contributed by atoms with Crippen LogP contribution in [-0.2, 0) is 6.54 Å². The normalized spacial score (nSPS) is 11.1. The summed E-state index contributed by atoms with van der Waals surface area (Å²) >= 11 is 0. The summed E-state index contributed by atoms with van der Waals surface area (Å²) in [6, 6.07) is 23.4. The number of aromatic amines is 1. The van der Waals surface area contributed by atoms with E-state index in [1.54, 1.807) is 18.3 Å². The van der Waals surface area contributed by atoms with Crippen molar-refractivity contribution in [3.63, 3.8) is 0 Å². The highest BCUT2D eigenvalue weighted by molar-refractivity contribution is 5.95. The number of H-pyrrole nitrogens is 1. The predicted molar refractivity (Wildman–Crippen MR) is 135 cm³/mol. The molecule has 7 heteroatoms. The van der Waals surface area contributed by atoms with Crippen LogP contribution in [0.3, 0.4) is 0 Å². The average Bonchev–Trinajstić information content (AvgIpc) is 3.28. The largest absolute Gasteiger partial charge is 0.372 e. The van der Waals surface area contributed by atoms with E-state index >= 15 is 0 Å². The van der Waals surface area contributed by atoms with Crippen LogP contribution in [0.1, 0.15) is 35.3 Å². The van der Waals surface area contributed by atoms with Crippen molar-refractivity contribution in [1.82, 2.24) is 15.4 Å². The zero-order valence-electron chi connectivity index (χ0n) is 18.9. The Kier molecular flexibility index (Phi) is 6.99. The number of carbonyl (C=O) groups excluding carboxylic acids is 1. The first kappa shape index (κ1) is 22.1. The zero-order chi connectivity index (χ0) is 23.0. The number of nitrogens with one attached hydrogen (secondary N) is 3. The molecular weight excluding hydrogens is 412 g/mol. The molecule has 1 aromatic heterocycles. The summed E-state index contributed by atoms with van der Waals surface area (Å²) in [7, 11) is 0. The summed E-state index contributed by atoms with van der Waals surface area (Å²) in [5.41, 5.74) is 8.21. The molecule has 3 N–H and O–H groups in total. The Bertz CT molecular complexity index is 1190. The van der Waals surface area contributed by atoms with Crippen LogP contribution in [0.15, 0.2) is 77.9 Å². The third-order valence-electron chi connectivity index (χ3n) is 5.47.